The van der Waals surface area contributed by atoms with Crippen molar-refractivity contribution in [2.75, 3.05) is 31.2 Å². The van der Waals surface area contributed by atoms with E-state index in [1.165, 1.54) is 0 Å². The van der Waals surface area contributed by atoms with Gasteiger partial charge in [-0.1, -0.05) is 19.6 Å². The molecule has 3 unspecified atom stereocenters. The molecule has 2 N–H and O–H groups in total. The molecule has 2 aliphatic rings. The SMILES string of the molecule is C=Cc1cc(C(=O)NCC2C(=O)NC(C)CC2C)c(C)c(N(CC)C2CCOCC2)c1. The van der Waals surface area contributed by atoms with Gasteiger partial charge in [-0.25, -0.2) is 0 Å². The summed E-state index contributed by atoms with van der Waals surface area (Å²) < 4.78 is 5.54. The molecule has 0 aromatic heterocycles. The maximum atomic E-state index is 13.2. The van der Waals surface area contributed by atoms with E-state index in [4.69, 9.17) is 4.74 Å². The Labute approximate surface area is 186 Å². The lowest BCUT2D eigenvalue weighted by molar-refractivity contribution is -0.129. The van der Waals surface area contributed by atoms with Crippen LogP contribution < -0.4 is 15.5 Å². The van der Waals surface area contributed by atoms with Gasteiger partial charge in [-0.15, -0.1) is 0 Å². The van der Waals surface area contributed by atoms with Gasteiger partial charge in [0.25, 0.3) is 5.91 Å². The van der Waals surface area contributed by atoms with Gasteiger partial charge in [0.05, 0.1) is 5.92 Å². The normalized spacial score (nSPS) is 24.4. The largest absolute Gasteiger partial charge is 0.381 e. The average Bonchev–Trinajstić information content (AvgIpc) is 2.75. The first-order valence-electron chi connectivity index (χ1n) is 11.6. The second-order valence-electron chi connectivity index (χ2n) is 8.99. The molecule has 2 aliphatic heterocycles. The predicted molar refractivity (Wildman–Crippen MR) is 125 cm³/mol. The molecule has 31 heavy (non-hydrogen) atoms. The number of piperidine rings is 1. The van der Waals surface area contributed by atoms with Crippen molar-refractivity contribution >= 4 is 23.6 Å². The van der Waals surface area contributed by atoms with Crippen LogP contribution in [0.15, 0.2) is 18.7 Å². The fourth-order valence-electron chi connectivity index (χ4n) is 4.98. The molecule has 2 amide bonds. The molecule has 6 heteroatoms. The lowest BCUT2D eigenvalue weighted by Gasteiger charge is -2.37. The van der Waals surface area contributed by atoms with Crippen molar-refractivity contribution in [3.05, 3.63) is 35.4 Å². The molecule has 6 nitrogen and oxygen atoms in total. The van der Waals surface area contributed by atoms with E-state index in [0.29, 0.717) is 18.2 Å². The van der Waals surface area contributed by atoms with Gasteiger partial charge in [-0.05, 0) is 69.2 Å². The number of hydrogen-bond donors (Lipinski definition) is 2. The first kappa shape index (κ1) is 23.3. The second kappa shape index (κ2) is 10.3. The number of ether oxygens (including phenoxy) is 1. The molecule has 1 aromatic rings. The number of anilines is 1. The third-order valence-corrected chi connectivity index (χ3v) is 6.78. The zero-order valence-electron chi connectivity index (χ0n) is 19.4. The Bertz CT molecular complexity index is 816. The van der Waals surface area contributed by atoms with Crippen molar-refractivity contribution in [2.24, 2.45) is 11.8 Å². The Kier molecular flexibility index (Phi) is 7.76. The number of carbonyl (C=O) groups excluding carboxylic acids is 2. The number of nitrogens with zero attached hydrogens (tertiary/aromatic N) is 1. The highest BCUT2D eigenvalue weighted by atomic mass is 16.5. The number of amides is 2. The molecule has 2 fully saturated rings. The predicted octanol–water partition coefficient (Wildman–Crippen LogP) is 3.53. The quantitative estimate of drug-likeness (QED) is 0.698. The van der Waals surface area contributed by atoms with Crippen LogP contribution in [-0.4, -0.2) is 50.2 Å². The van der Waals surface area contributed by atoms with E-state index >= 15 is 0 Å². The van der Waals surface area contributed by atoms with Crippen LogP contribution >= 0.6 is 0 Å². The van der Waals surface area contributed by atoms with Crippen molar-refractivity contribution in [1.82, 2.24) is 10.6 Å². The highest BCUT2D eigenvalue weighted by Gasteiger charge is 2.32. The second-order valence-corrected chi connectivity index (χ2v) is 8.99. The fraction of sp³-hybridized carbons (Fsp3) is 0.600. The summed E-state index contributed by atoms with van der Waals surface area (Å²) in [4.78, 5) is 28.0. The summed E-state index contributed by atoms with van der Waals surface area (Å²) in [6.07, 6.45) is 4.69. The molecule has 0 radical (unpaired) electrons. The van der Waals surface area contributed by atoms with Crippen LogP contribution in [0.3, 0.4) is 0 Å². The Morgan fingerprint density at radius 1 is 1.32 bits per heavy atom. The van der Waals surface area contributed by atoms with Crippen LogP contribution in [-0.2, 0) is 9.53 Å². The van der Waals surface area contributed by atoms with Gasteiger partial charge >= 0.3 is 0 Å². The first-order valence-corrected chi connectivity index (χ1v) is 11.6. The van der Waals surface area contributed by atoms with Crippen molar-refractivity contribution < 1.29 is 14.3 Å². The van der Waals surface area contributed by atoms with Crippen LogP contribution in [0, 0.1) is 18.8 Å². The summed E-state index contributed by atoms with van der Waals surface area (Å²) in [5.41, 5.74) is 3.62. The maximum absolute atomic E-state index is 13.2. The number of rotatable bonds is 7. The lowest BCUT2D eigenvalue weighted by atomic mass is 9.84. The average molecular weight is 428 g/mol. The standard InChI is InChI=1S/C25H37N3O3/c1-6-19-13-21(24(29)26-15-22-16(3)12-17(4)27-25(22)30)18(5)23(14-19)28(7-2)20-8-10-31-11-9-20/h6,13-14,16-17,20,22H,1,7-12,15H2,2-5H3,(H,26,29)(H,27,30). The van der Waals surface area contributed by atoms with Gasteiger partial charge in [0.15, 0.2) is 0 Å². The Morgan fingerprint density at radius 2 is 2.03 bits per heavy atom. The molecule has 2 saturated heterocycles. The maximum Gasteiger partial charge on any atom is 0.251 e. The van der Waals surface area contributed by atoms with Gasteiger partial charge in [0, 0.05) is 49.6 Å². The number of nitrogens with one attached hydrogen (secondary N) is 2. The molecule has 0 saturated carbocycles. The molecule has 3 rings (SSSR count). The van der Waals surface area contributed by atoms with Crippen LogP contribution in [0.2, 0.25) is 0 Å². The van der Waals surface area contributed by atoms with E-state index in [1.807, 2.05) is 19.9 Å². The van der Waals surface area contributed by atoms with Crippen molar-refractivity contribution in [3.8, 4) is 0 Å². The zero-order chi connectivity index (χ0) is 22.5. The molecular weight excluding hydrogens is 390 g/mol. The zero-order valence-corrected chi connectivity index (χ0v) is 19.4. The molecule has 0 aliphatic carbocycles. The number of carbonyl (C=O) groups is 2. The van der Waals surface area contributed by atoms with Gasteiger partial charge in [-0.2, -0.15) is 0 Å². The Morgan fingerprint density at radius 3 is 2.65 bits per heavy atom. The van der Waals surface area contributed by atoms with E-state index in [1.54, 1.807) is 6.08 Å². The third-order valence-electron chi connectivity index (χ3n) is 6.78. The van der Waals surface area contributed by atoms with E-state index in [2.05, 4.69) is 42.0 Å². The van der Waals surface area contributed by atoms with Crippen molar-refractivity contribution in [1.29, 1.82) is 0 Å². The summed E-state index contributed by atoms with van der Waals surface area (Å²) in [5, 5.41) is 6.03. The van der Waals surface area contributed by atoms with Crippen LogP contribution in [0.25, 0.3) is 6.08 Å². The minimum atomic E-state index is -0.197. The monoisotopic (exact) mass is 427 g/mol. The smallest absolute Gasteiger partial charge is 0.251 e. The van der Waals surface area contributed by atoms with Gasteiger partial charge in [0.1, 0.15) is 0 Å². The van der Waals surface area contributed by atoms with Gasteiger partial charge in [-0.3, -0.25) is 9.59 Å². The molecule has 170 valence electrons. The van der Waals surface area contributed by atoms with Gasteiger partial charge in [0.2, 0.25) is 5.91 Å². The highest BCUT2D eigenvalue weighted by Crippen LogP contribution is 2.30. The van der Waals surface area contributed by atoms with E-state index in [-0.39, 0.29) is 29.7 Å². The van der Waals surface area contributed by atoms with Crippen LogP contribution in [0.1, 0.15) is 61.5 Å². The number of benzene rings is 1. The van der Waals surface area contributed by atoms with E-state index in [0.717, 1.165) is 55.8 Å². The minimum absolute atomic E-state index is 0.0282. The number of hydrogen-bond acceptors (Lipinski definition) is 4. The first-order chi connectivity index (χ1) is 14.8. The summed E-state index contributed by atoms with van der Waals surface area (Å²) in [7, 11) is 0. The van der Waals surface area contributed by atoms with E-state index in [9.17, 15) is 9.59 Å². The molecular formula is C25H37N3O3. The van der Waals surface area contributed by atoms with Crippen molar-refractivity contribution in [3.63, 3.8) is 0 Å². The van der Waals surface area contributed by atoms with E-state index < -0.39 is 0 Å². The lowest BCUT2D eigenvalue weighted by Crippen LogP contribution is -2.50. The fourth-order valence-corrected chi connectivity index (χ4v) is 4.98. The third kappa shape index (κ3) is 5.29. The summed E-state index contributed by atoms with van der Waals surface area (Å²) in [6.45, 7) is 15.0. The van der Waals surface area contributed by atoms with Crippen LogP contribution in [0.5, 0.6) is 0 Å². The molecule has 0 bridgehead atoms. The summed E-state index contributed by atoms with van der Waals surface area (Å²) >= 11 is 0. The molecule has 3 atom stereocenters. The summed E-state index contributed by atoms with van der Waals surface area (Å²) in [6, 6.07) is 4.61. The Hall–Kier alpha value is -2.34. The Balaban J connectivity index is 1.81. The molecule has 0 spiro atoms. The molecule has 2 heterocycles. The topological polar surface area (TPSA) is 70.7 Å². The van der Waals surface area contributed by atoms with Crippen molar-refractivity contribution in [2.45, 2.75) is 59.0 Å². The highest BCUT2D eigenvalue weighted by molar-refractivity contribution is 5.98. The van der Waals surface area contributed by atoms with Gasteiger partial charge < -0.3 is 20.3 Å². The van der Waals surface area contributed by atoms with Crippen LogP contribution in [0.4, 0.5) is 5.69 Å². The minimum Gasteiger partial charge on any atom is -0.381 e. The summed E-state index contributed by atoms with van der Waals surface area (Å²) in [5.74, 6) is -0.0641. The molecule has 1 aromatic carbocycles.